The van der Waals surface area contributed by atoms with Crippen molar-refractivity contribution in [3.8, 4) is 0 Å². The van der Waals surface area contributed by atoms with E-state index in [0.717, 1.165) is 5.69 Å². The number of halogens is 6. The van der Waals surface area contributed by atoms with Gasteiger partial charge in [0.1, 0.15) is 5.69 Å². The van der Waals surface area contributed by atoms with E-state index in [4.69, 9.17) is 23.2 Å². The standard InChI is InChI=1S/C6H5Cl2N.BF4/c7-4-1-5(8)3-6(9)2-4;2-1(3,4)5/h1-3H,9H2;/q;-1/p+1. The lowest BCUT2D eigenvalue weighted by molar-refractivity contribution is -0.254. The summed E-state index contributed by atoms with van der Waals surface area (Å²) in [5.41, 5.74) is 4.51. The van der Waals surface area contributed by atoms with E-state index in [1.54, 1.807) is 18.2 Å². The van der Waals surface area contributed by atoms with Crippen LogP contribution in [0.1, 0.15) is 0 Å². The van der Waals surface area contributed by atoms with Crippen molar-refractivity contribution in [2.24, 2.45) is 0 Å². The molecule has 0 atom stereocenters. The van der Waals surface area contributed by atoms with Crippen LogP contribution in [0.15, 0.2) is 18.2 Å². The van der Waals surface area contributed by atoms with E-state index in [1.165, 1.54) is 0 Å². The number of hydrogen-bond acceptors (Lipinski definition) is 0. The van der Waals surface area contributed by atoms with E-state index in [-0.39, 0.29) is 0 Å². The summed E-state index contributed by atoms with van der Waals surface area (Å²) in [6.07, 6.45) is 0. The Balaban J connectivity index is 0.000000292. The van der Waals surface area contributed by atoms with Crippen molar-refractivity contribution in [2.75, 3.05) is 0 Å². The second-order valence-corrected chi connectivity index (χ2v) is 3.15. The molecule has 0 saturated carbocycles. The van der Waals surface area contributed by atoms with Gasteiger partial charge in [-0.15, -0.1) is 0 Å². The molecule has 0 saturated heterocycles. The summed E-state index contributed by atoms with van der Waals surface area (Å²) >= 11 is 11.3. The van der Waals surface area contributed by atoms with Crippen LogP contribution in [0.4, 0.5) is 23.0 Å². The van der Waals surface area contributed by atoms with Gasteiger partial charge in [-0.1, -0.05) is 23.2 Å². The first-order valence-electron chi connectivity index (χ1n) is 3.34. The zero-order chi connectivity index (χ0) is 11.4. The predicted molar refractivity (Wildman–Crippen MR) is 49.2 cm³/mol. The highest BCUT2D eigenvalue weighted by atomic mass is 35.5. The van der Waals surface area contributed by atoms with Gasteiger partial charge >= 0.3 is 7.25 Å². The molecule has 0 radical (unpaired) electrons. The fraction of sp³-hybridized carbons (Fsp3) is 0. The molecule has 0 unspecified atom stereocenters. The Labute approximate surface area is 87.9 Å². The van der Waals surface area contributed by atoms with E-state index >= 15 is 0 Å². The van der Waals surface area contributed by atoms with Gasteiger partial charge < -0.3 is 23.0 Å². The van der Waals surface area contributed by atoms with Gasteiger partial charge in [0.25, 0.3) is 0 Å². The molecule has 0 fully saturated rings. The summed E-state index contributed by atoms with van der Waals surface area (Å²) in [7, 11) is -6.00. The molecule has 80 valence electrons. The van der Waals surface area contributed by atoms with E-state index in [1.807, 2.05) is 0 Å². The van der Waals surface area contributed by atoms with Crippen LogP contribution in [0.5, 0.6) is 0 Å². The summed E-state index contributed by atoms with van der Waals surface area (Å²) in [5.74, 6) is 0. The van der Waals surface area contributed by atoms with Crippen molar-refractivity contribution in [3.05, 3.63) is 28.2 Å². The third-order valence-electron chi connectivity index (χ3n) is 0.922. The molecule has 1 rings (SSSR count). The highest BCUT2D eigenvalue weighted by Crippen LogP contribution is 2.18. The smallest absolute Gasteiger partial charge is 0.418 e. The Morgan fingerprint density at radius 3 is 1.43 bits per heavy atom. The lowest BCUT2D eigenvalue weighted by Crippen LogP contribution is -2.39. The highest BCUT2D eigenvalue weighted by Gasteiger charge is 2.20. The summed E-state index contributed by atoms with van der Waals surface area (Å²) in [6, 6.07) is 5.19. The maximum absolute atomic E-state index is 9.75. The molecular weight excluding hydrogens is 244 g/mol. The molecule has 0 aliphatic rings. The van der Waals surface area contributed by atoms with Gasteiger partial charge in [-0.2, -0.15) is 0 Å². The molecule has 0 spiro atoms. The fourth-order valence-electron chi connectivity index (χ4n) is 0.611. The monoisotopic (exact) mass is 249 g/mol. The molecule has 0 aliphatic carbocycles. The van der Waals surface area contributed by atoms with Crippen molar-refractivity contribution >= 4 is 36.1 Å². The van der Waals surface area contributed by atoms with Crippen LogP contribution >= 0.6 is 23.2 Å². The minimum Gasteiger partial charge on any atom is -0.418 e. The number of rotatable bonds is 0. The molecular formula is C6H6BCl2F4N. The second kappa shape index (κ2) is 5.43. The summed E-state index contributed by atoms with van der Waals surface area (Å²) in [6.45, 7) is 0. The number of quaternary nitrogens is 1. The Kier molecular flexibility index (Phi) is 5.26. The largest absolute Gasteiger partial charge is 0.673 e. The van der Waals surface area contributed by atoms with Gasteiger partial charge in [-0.3, -0.25) is 0 Å². The molecule has 1 aromatic carbocycles. The minimum atomic E-state index is -6.00. The SMILES string of the molecule is F[B-](F)(F)F.[NH3+]c1cc(Cl)cc(Cl)c1. The van der Waals surface area contributed by atoms with Crippen molar-refractivity contribution in [3.63, 3.8) is 0 Å². The average molecular weight is 250 g/mol. The van der Waals surface area contributed by atoms with Crippen LogP contribution in [0.3, 0.4) is 0 Å². The number of hydrogen-bond donors (Lipinski definition) is 1. The third-order valence-corrected chi connectivity index (χ3v) is 1.36. The first-order valence-corrected chi connectivity index (χ1v) is 4.09. The quantitative estimate of drug-likeness (QED) is 0.540. The predicted octanol–water partition coefficient (Wildman–Crippen LogP) is 3.17. The second-order valence-electron chi connectivity index (χ2n) is 2.27. The maximum Gasteiger partial charge on any atom is 0.673 e. The minimum absolute atomic E-state index is 0.632. The normalized spacial score (nSPS) is 10.5. The van der Waals surface area contributed by atoms with Crippen LogP contribution in [-0.4, -0.2) is 7.25 Å². The average Bonchev–Trinajstić information content (AvgIpc) is 1.77. The van der Waals surface area contributed by atoms with E-state index < -0.39 is 7.25 Å². The Hall–Kier alpha value is -0.455. The van der Waals surface area contributed by atoms with Gasteiger partial charge in [0.05, 0.1) is 0 Å². The molecule has 1 nitrogen and oxygen atoms in total. The topological polar surface area (TPSA) is 27.6 Å². The third kappa shape index (κ3) is 9.63. The number of benzene rings is 1. The first-order chi connectivity index (χ1) is 6.18. The maximum atomic E-state index is 9.75. The van der Waals surface area contributed by atoms with Crippen molar-refractivity contribution < 1.29 is 23.0 Å². The molecule has 0 aromatic heterocycles. The van der Waals surface area contributed by atoms with Gasteiger partial charge in [-0.05, 0) is 6.07 Å². The zero-order valence-electron chi connectivity index (χ0n) is 6.78. The van der Waals surface area contributed by atoms with Gasteiger partial charge in [0.15, 0.2) is 0 Å². The molecule has 0 aliphatic heterocycles. The molecule has 0 bridgehead atoms. The molecule has 14 heavy (non-hydrogen) atoms. The van der Waals surface area contributed by atoms with Crippen LogP contribution in [0.25, 0.3) is 0 Å². The van der Waals surface area contributed by atoms with Gasteiger partial charge in [-0.25, -0.2) is 0 Å². The Morgan fingerprint density at radius 1 is 0.929 bits per heavy atom. The zero-order valence-corrected chi connectivity index (χ0v) is 8.30. The molecule has 3 N–H and O–H groups in total. The summed E-state index contributed by atoms with van der Waals surface area (Å²) in [5, 5.41) is 1.26. The van der Waals surface area contributed by atoms with Crippen molar-refractivity contribution in [1.82, 2.24) is 0 Å². The van der Waals surface area contributed by atoms with Crippen LogP contribution < -0.4 is 5.73 Å². The highest BCUT2D eigenvalue weighted by molar-refractivity contribution is 6.50. The van der Waals surface area contributed by atoms with Crippen LogP contribution in [0, 0.1) is 0 Å². The van der Waals surface area contributed by atoms with Crippen molar-refractivity contribution in [1.29, 1.82) is 0 Å². The van der Waals surface area contributed by atoms with E-state index in [2.05, 4.69) is 5.73 Å². The Bertz CT molecular complexity index is 248. The summed E-state index contributed by atoms with van der Waals surface area (Å²) in [4.78, 5) is 0. The molecule has 0 heterocycles. The first kappa shape index (κ1) is 13.5. The van der Waals surface area contributed by atoms with Gasteiger partial charge in [0, 0.05) is 22.2 Å². The van der Waals surface area contributed by atoms with E-state index in [0.29, 0.717) is 10.0 Å². The lowest BCUT2D eigenvalue weighted by atomic mass is 10.3. The fourth-order valence-corrected chi connectivity index (χ4v) is 1.18. The summed E-state index contributed by atoms with van der Waals surface area (Å²) < 4.78 is 39.0. The van der Waals surface area contributed by atoms with Crippen molar-refractivity contribution in [2.45, 2.75) is 0 Å². The van der Waals surface area contributed by atoms with Crippen LogP contribution in [0.2, 0.25) is 10.0 Å². The van der Waals surface area contributed by atoms with Gasteiger partial charge in [0.2, 0.25) is 0 Å². The Morgan fingerprint density at radius 2 is 1.21 bits per heavy atom. The molecule has 8 heteroatoms. The molecule has 0 amide bonds. The van der Waals surface area contributed by atoms with Crippen LogP contribution in [-0.2, 0) is 0 Å². The molecule has 1 aromatic rings. The lowest BCUT2D eigenvalue weighted by Gasteiger charge is -1.94. The van der Waals surface area contributed by atoms with E-state index in [9.17, 15) is 17.3 Å².